The van der Waals surface area contributed by atoms with Crippen LogP contribution in [0.5, 0.6) is 0 Å². The minimum Gasteiger partial charge on any atom is -0.449 e. The van der Waals surface area contributed by atoms with Crippen LogP contribution < -0.4 is 21.8 Å². The number of rotatable bonds is 2. The second kappa shape index (κ2) is 2.21. The van der Waals surface area contributed by atoms with E-state index in [4.69, 9.17) is 10.2 Å². The Kier molecular flexibility index (Phi) is 1.11. The molecule has 1 fully saturated rings. The van der Waals surface area contributed by atoms with Crippen molar-refractivity contribution in [2.24, 2.45) is 0 Å². The van der Waals surface area contributed by atoms with Crippen molar-refractivity contribution in [3.05, 3.63) is 17.7 Å². The van der Waals surface area contributed by atoms with E-state index in [2.05, 4.69) is 4.98 Å². The van der Waals surface area contributed by atoms with Gasteiger partial charge in [-0.2, -0.15) is 0 Å². The smallest absolute Gasteiger partial charge is 0.214 e. The van der Waals surface area contributed by atoms with Gasteiger partial charge in [-0.3, -0.25) is 0 Å². The standard InChI is InChI=1S/C12H9N2O2P/c13-7-4-3-6(5-1-2-5)8(14-7)9-10-11-12(16-9)17(10,11)15/h3-5H,1-2H2,(H2,13,14). The van der Waals surface area contributed by atoms with Gasteiger partial charge in [0, 0.05) is 0 Å². The first-order chi connectivity index (χ1) is 8.21. The molecule has 2 aromatic heterocycles. The fraction of sp³-hybridized carbons (Fsp3) is 0.250. The Morgan fingerprint density at radius 2 is 2.12 bits per heavy atom. The summed E-state index contributed by atoms with van der Waals surface area (Å²) < 4.78 is 17.6. The monoisotopic (exact) mass is 244 g/mol. The van der Waals surface area contributed by atoms with Crippen LogP contribution in [-0.2, 0) is 4.57 Å². The van der Waals surface area contributed by atoms with Crippen LogP contribution >= 0.6 is 7.14 Å². The lowest BCUT2D eigenvalue weighted by Gasteiger charge is -2.05. The lowest BCUT2D eigenvalue weighted by Crippen LogP contribution is -2.01. The summed E-state index contributed by atoms with van der Waals surface area (Å²) in [5, 5.41) is 1.92. The maximum atomic E-state index is 12.0. The molecule has 0 spiro atoms. The molecule has 5 heterocycles. The number of nitrogens with two attached hydrogens (primary N) is 1. The first-order valence-electron chi connectivity index (χ1n) is 5.76. The molecular weight excluding hydrogens is 235 g/mol. The lowest BCUT2D eigenvalue weighted by atomic mass is 10.1. The summed E-state index contributed by atoms with van der Waals surface area (Å²) in [5.41, 5.74) is 8.49. The SMILES string of the molecule is Nc1ccc(C2CC2)c(-c2oc3c4c2P34=O)n1. The van der Waals surface area contributed by atoms with Crippen LogP contribution in [-0.4, -0.2) is 4.98 Å². The Morgan fingerprint density at radius 1 is 1.35 bits per heavy atom. The molecule has 1 aliphatic carbocycles. The molecule has 3 aliphatic heterocycles. The first-order valence-corrected chi connectivity index (χ1v) is 7.47. The van der Waals surface area contributed by atoms with Crippen molar-refractivity contribution in [1.82, 2.24) is 4.98 Å². The zero-order chi connectivity index (χ0) is 11.4. The zero-order valence-corrected chi connectivity index (χ0v) is 9.83. The van der Waals surface area contributed by atoms with Crippen molar-refractivity contribution in [3.8, 4) is 11.5 Å². The van der Waals surface area contributed by atoms with E-state index >= 15 is 0 Å². The second-order valence-electron chi connectivity index (χ2n) is 4.99. The predicted molar refractivity (Wildman–Crippen MR) is 64.8 cm³/mol. The summed E-state index contributed by atoms with van der Waals surface area (Å²) in [6.07, 6.45) is 2.40. The van der Waals surface area contributed by atoms with Crippen molar-refractivity contribution in [2.45, 2.75) is 18.8 Å². The van der Waals surface area contributed by atoms with Gasteiger partial charge < -0.3 is 14.7 Å². The molecule has 2 N–H and O–H groups in total. The molecule has 0 saturated heterocycles. The number of fused-ring (bicyclic) bond motifs is 1. The topological polar surface area (TPSA) is 69.1 Å². The van der Waals surface area contributed by atoms with Gasteiger partial charge in [-0.15, -0.1) is 0 Å². The molecule has 84 valence electrons. The van der Waals surface area contributed by atoms with E-state index in [1.54, 1.807) is 0 Å². The number of hydrogen-bond acceptors (Lipinski definition) is 4. The molecule has 0 amide bonds. The Hall–Kier alpha value is -1.54. The molecule has 5 heteroatoms. The molecule has 0 aromatic carbocycles. The molecule has 6 rings (SSSR count). The highest BCUT2D eigenvalue weighted by atomic mass is 31.2. The minimum absolute atomic E-state index is 0.494. The third-order valence-electron chi connectivity index (χ3n) is 3.84. The normalized spacial score (nSPS) is 26.8. The van der Waals surface area contributed by atoms with Gasteiger partial charge in [0.2, 0.25) is 7.14 Å². The number of hydrogen-bond donors (Lipinski definition) is 1. The number of nitrogens with zero attached hydrogens (tertiary/aromatic N) is 1. The van der Waals surface area contributed by atoms with Gasteiger partial charge in [-0.25, -0.2) is 4.98 Å². The van der Waals surface area contributed by atoms with Gasteiger partial charge in [0.25, 0.3) is 0 Å². The molecular formula is C12H9N2O2P. The molecule has 2 bridgehead atoms. The summed E-state index contributed by atoms with van der Waals surface area (Å²) in [6, 6.07) is 3.86. The number of aromatic nitrogens is 1. The van der Waals surface area contributed by atoms with Crippen molar-refractivity contribution >= 4 is 29.1 Å². The molecule has 1 unspecified atom stereocenters. The summed E-state index contributed by atoms with van der Waals surface area (Å²) in [7, 11) is -2.15. The van der Waals surface area contributed by atoms with Gasteiger partial charge >= 0.3 is 0 Å². The van der Waals surface area contributed by atoms with Gasteiger partial charge in [-0.05, 0) is 30.4 Å². The fourth-order valence-electron chi connectivity index (χ4n) is 2.65. The average molecular weight is 244 g/mol. The van der Waals surface area contributed by atoms with Crippen LogP contribution in [0.1, 0.15) is 24.3 Å². The van der Waals surface area contributed by atoms with Crippen LogP contribution in [0.2, 0.25) is 0 Å². The molecule has 4 aliphatic rings. The molecule has 1 atom stereocenters. The van der Waals surface area contributed by atoms with Gasteiger partial charge in [0.05, 0.1) is 10.6 Å². The van der Waals surface area contributed by atoms with E-state index in [9.17, 15) is 4.57 Å². The van der Waals surface area contributed by atoms with E-state index in [1.165, 1.54) is 18.4 Å². The predicted octanol–water partition coefficient (Wildman–Crippen LogP) is 1.07. The summed E-state index contributed by atoms with van der Waals surface area (Å²) in [6.45, 7) is 0. The summed E-state index contributed by atoms with van der Waals surface area (Å²) >= 11 is 0. The third kappa shape index (κ3) is 0.816. The first kappa shape index (κ1) is 8.54. The van der Waals surface area contributed by atoms with Crippen LogP contribution in [0.25, 0.3) is 11.5 Å². The Bertz CT molecular complexity index is 749. The van der Waals surface area contributed by atoms with Crippen molar-refractivity contribution in [1.29, 1.82) is 0 Å². The average Bonchev–Trinajstić information content (AvgIpc) is 3.24. The highest BCUT2D eigenvalue weighted by Gasteiger charge is 2.75. The van der Waals surface area contributed by atoms with Crippen LogP contribution in [0.3, 0.4) is 0 Å². The van der Waals surface area contributed by atoms with Gasteiger partial charge in [-0.1, -0.05) is 6.07 Å². The van der Waals surface area contributed by atoms with E-state index in [-0.39, 0.29) is 0 Å². The third-order valence-corrected chi connectivity index (χ3v) is 6.39. The molecule has 2 aromatic rings. The number of nitrogen functional groups attached to an aromatic ring is 1. The largest absolute Gasteiger partial charge is 0.449 e. The van der Waals surface area contributed by atoms with E-state index in [0.29, 0.717) is 11.7 Å². The Labute approximate surface area is 97.2 Å². The summed E-state index contributed by atoms with van der Waals surface area (Å²) in [5.74, 6) is 1.81. The van der Waals surface area contributed by atoms with E-state index in [1.807, 2.05) is 12.1 Å². The molecule has 1 saturated carbocycles. The van der Waals surface area contributed by atoms with Crippen molar-refractivity contribution in [3.63, 3.8) is 0 Å². The number of anilines is 1. The van der Waals surface area contributed by atoms with Crippen molar-refractivity contribution < 1.29 is 8.98 Å². The van der Waals surface area contributed by atoms with Crippen LogP contribution in [0, 0.1) is 0 Å². The molecule has 17 heavy (non-hydrogen) atoms. The second-order valence-corrected chi connectivity index (χ2v) is 7.51. The minimum atomic E-state index is -2.15. The van der Waals surface area contributed by atoms with Crippen LogP contribution in [0.4, 0.5) is 5.82 Å². The highest BCUT2D eigenvalue weighted by molar-refractivity contribution is 8.06. The summed E-state index contributed by atoms with van der Waals surface area (Å²) in [4.78, 5) is 4.39. The van der Waals surface area contributed by atoms with Crippen molar-refractivity contribution in [2.75, 3.05) is 5.73 Å². The Morgan fingerprint density at radius 3 is 2.71 bits per heavy atom. The van der Waals surface area contributed by atoms with E-state index in [0.717, 1.165) is 27.6 Å². The maximum absolute atomic E-state index is 12.0. The lowest BCUT2D eigenvalue weighted by molar-refractivity contribution is 0.590. The molecule has 4 nitrogen and oxygen atoms in total. The highest BCUT2D eigenvalue weighted by Crippen LogP contribution is 2.70. The number of furan rings is 1. The van der Waals surface area contributed by atoms with Gasteiger partial charge in [0.1, 0.15) is 11.5 Å². The number of pyridine rings is 1. The van der Waals surface area contributed by atoms with E-state index < -0.39 is 7.14 Å². The van der Waals surface area contributed by atoms with Gasteiger partial charge in [0.15, 0.2) is 11.3 Å². The molecule has 0 radical (unpaired) electrons. The zero-order valence-electron chi connectivity index (χ0n) is 8.93. The Balaban J connectivity index is 1.77. The van der Waals surface area contributed by atoms with Crippen LogP contribution in [0.15, 0.2) is 16.5 Å². The fourth-order valence-corrected chi connectivity index (χ4v) is 5.13. The maximum Gasteiger partial charge on any atom is 0.214 e. The quantitative estimate of drug-likeness (QED) is 0.535.